The van der Waals surface area contributed by atoms with Gasteiger partial charge in [-0.15, -0.1) is 0 Å². The van der Waals surface area contributed by atoms with Gasteiger partial charge in [0.2, 0.25) is 0 Å². The maximum absolute atomic E-state index is 12.9. The van der Waals surface area contributed by atoms with E-state index in [4.69, 9.17) is 4.74 Å². The molecular weight excluding hydrogens is 400 g/mol. The molecule has 2 amide bonds. The van der Waals surface area contributed by atoms with Gasteiger partial charge in [-0.25, -0.2) is 0 Å². The molecule has 3 aromatic carbocycles. The van der Waals surface area contributed by atoms with Gasteiger partial charge in [0.25, 0.3) is 11.8 Å². The third-order valence-electron chi connectivity index (χ3n) is 5.15. The molecule has 0 saturated heterocycles. The van der Waals surface area contributed by atoms with Crippen molar-refractivity contribution in [3.63, 3.8) is 0 Å². The minimum absolute atomic E-state index is 0.195. The van der Waals surface area contributed by atoms with E-state index >= 15 is 0 Å². The largest absolute Gasteiger partial charge is 0.481 e. The van der Waals surface area contributed by atoms with E-state index in [-0.39, 0.29) is 11.8 Å². The van der Waals surface area contributed by atoms with Crippen LogP contribution in [0.3, 0.4) is 0 Å². The van der Waals surface area contributed by atoms with Gasteiger partial charge in [-0.2, -0.15) is 0 Å². The van der Waals surface area contributed by atoms with Gasteiger partial charge < -0.3 is 15.4 Å². The molecule has 0 aliphatic rings. The van der Waals surface area contributed by atoms with E-state index in [1.54, 1.807) is 24.3 Å². The first-order chi connectivity index (χ1) is 15.6. The number of ether oxygens (including phenoxy) is 1. The fourth-order valence-corrected chi connectivity index (χ4v) is 3.32. The first-order valence-electron chi connectivity index (χ1n) is 11.1. The summed E-state index contributed by atoms with van der Waals surface area (Å²) in [4.78, 5) is 25.4. The smallest absolute Gasteiger partial charge is 0.265 e. The predicted molar refractivity (Wildman–Crippen MR) is 129 cm³/mol. The second-order valence-electron chi connectivity index (χ2n) is 7.55. The Labute approximate surface area is 189 Å². The van der Waals surface area contributed by atoms with E-state index in [1.807, 2.05) is 61.5 Å². The van der Waals surface area contributed by atoms with Gasteiger partial charge in [-0.05, 0) is 48.2 Å². The van der Waals surface area contributed by atoms with Crippen LogP contribution >= 0.6 is 0 Å². The lowest BCUT2D eigenvalue weighted by Gasteiger charge is -2.19. The van der Waals surface area contributed by atoms with Crippen LogP contribution in [0.1, 0.15) is 43.5 Å². The Hall–Kier alpha value is -3.60. The van der Waals surface area contributed by atoms with E-state index in [2.05, 4.69) is 17.6 Å². The minimum Gasteiger partial charge on any atom is -0.481 e. The number of para-hydroxylation sites is 1. The number of nitrogens with one attached hydrogen (secondary N) is 2. The van der Waals surface area contributed by atoms with Crippen molar-refractivity contribution in [2.45, 2.75) is 39.2 Å². The van der Waals surface area contributed by atoms with Crippen molar-refractivity contribution in [1.29, 1.82) is 0 Å². The second kappa shape index (κ2) is 11.7. The summed E-state index contributed by atoms with van der Waals surface area (Å²) >= 11 is 0. The molecule has 0 bridgehead atoms. The zero-order valence-electron chi connectivity index (χ0n) is 18.6. The molecule has 166 valence electrons. The maximum Gasteiger partial charge on any atom is 0.265 e. The number of unbranched alkanes of at least 4 members (excludes halogenated alkanes) is 1. The summed E-state index contributed by atoms with van der Waals surface area (Å²) in [6.45, 7) is 4.57. The molecule has 0 radical (unpaired) electrons. The van der Waals surface area contributed by atoms with Crippen LogP contribution < -0.4 is 15.4 Å². The predicted octanol–water partition coefficient (Wildman–Crippen LogP) is 5.68. The van der Waals surface area contributed by atoms with Crippen LogP contribution in [0.5, 0.6) is 5.75 Å². The molecule has 5 heteroatoms. The van der Waals surface area contributed by atoms with Gasteiger partial charge in [0, 0.05) is 6.54 Å². The van der Waals surface area contributed by atoms with Crippen LogP contribution in [0.25, 0.3) is 11.1 Å². The Morgan fingerprint density at radius 3 is 2.19 bits per heavy atom. The van der Waals surface area contributed by atoms with E-state index in [9.17, 15) is 9.59 Å². The van der Waals surface area contributed by atoms with Crippen molar-refractivity contribution in [3.8, 4) is 16.9 Å². The topological polar surface area (TPSA) is 67.4 Å². The van der Waals surface area contributed by atoms with E-state index < -0.39 is 6.10 Å². The molecule has 0 aliphatic carbocycles. The molecule has 32 heavy (non-hydrogen) atoms. The number of rotatable bonds is 10. The van der Waals surface area contributed by atoms with Crippen LogP contribution in [-0.2, 0) is 4.79 Å². The fraction of sp³-hybridized carbons (Fsp3) is 0.259. The number of hydrogen-bond donors (Lipinski definition) is 2. The van der Waals surface area contributed by atoms with Crippen molar-refractivity contribution in [1.82, 2.24) is 5.32 Å². The zero-order valence-corrected chi connectivity index (χ0v) is 18.6. The summed E-state index contributed by atoms with van der Waals surface area (Å²) in [7, 11) is 0. The molecule has 2 N–H and O–H groups in total. The number of hydrogen-bond acceptors (Lipinski definition) is 3. The quantitative estimate of drug-likeness (QED) is 0.407. The molecular formula is C27H30N2O3. The normalized spacial score (nSPS) is 11.4. The first kappa shape index (κ1) is 23.1. The molecule has 1 atom stereocenters. The van der Waals surface area contributed by atoms with Crippen molar-refractivity contribution >= 4 is 17.5 Å². The average molecular weight is 431 g/mol. The lowest BCUT2D eigenvalue weighted by Crippen LogP contribution is -2.33. The maximum atomic E-state index is 12.9. The van der Waals surface area contributed by atoms with Crippen LogP contribution in [0, 0.1) is 0 Å². The van der Waals surface area contributed by atoms with Gasteiger partial charge in [-0.1, -0.05) is 74.9 Å². The molecule has 0 fully saturated rings. The summed E-state index contributed by atoms with van der Waals surface area (Å²) in [5.74, 6) is 0.144. The Morgan fingerprint density at radius 1 is 0.844 bits per heavy atom. The van der Waals surface area contributed by atoms with Gasteiger partial charge in [0.1, 0.15) is 5.75 Å². The fourth-order valence-electron chi connectivity index (χ4n) is 3.32. The third kappa shape index (κ3) is 6.20. The van der Waals surface area contributed by atoms with Crippen LogP contribution in [0.2, 0.25) is 0 Å². The highest BCUT2D eigenvalue weighted by Gasteiger charge is 2.21. The van der Waals surface area contributed by atoms with Crippen LogP contribution in [0.15, 0.2) is 78.9 Å². The highest BCUT2D eigenvalue weighted by atomic mass is 16.5. The van der Waals surface area contributed by atoms with Gasteiger partial charge in [0.05, 0.1) is 11.3 Å². The summed E-state index contributed by atoms with van der Waals surface area (Å²) in [5.41, 5.74) is 3.13. The number of anilines is 1. The lowest BCUT2D eigenvalue weighted by atomic mass is 10.1. The van der Waals surface area contributed by atoms with Gasteiger partial charge in [0.15, 0.2) is 6.10 Å². The van der Waals surface area contributed by atoms with Gasteiger partial charge in [-0.3, -0.25) is 9.59 Å². The van der Waals surface area contributed by atoms with Crippen molar-refractivity contribution < 1.29 is 14.3 Å². The SMILES string of the molecule is CCCCNC(=O)c1ccccc1NC(=O)C(CC)Oc1ccc(-c2ccccc2)cc1. The molecule has 0 spiro atoms. The van der Waals surface area contributed by atoms with E-state index in [0.29, 0.717) is 30.0 Å². The number of benzene rings is 3. The van der Waals surface area contributed by atoms with Crippen molar-refractivity contribution in [2.75, 3.05) is 11.9 Å². The molecule has 5 nitrogen and oxygen atoms in total. The Balaban J connectivity index is 1.66. The lowest BCUT2D eigenvalue weighted by molar-refractivity contribution is -0.122. The van der Waals surface area contributed by atoms with Crippen molar-refractivity contribution in [3.05, 3.63) is 84.4 Å². The van der Waals surface area contributed by atoms with Gasteiger partial charge >= 0.3 is 0 Å². The number of carbonyl (C=O) groups excluding carboxylic acids is 2. The Bertz CT molecular complexity index is 1020. The Morgan fingerprint density at radius 2 is 1.50 bits per heavy atom. The molecule has 0 saturated carbocycles. The van der Waals surface area contributed by atoms with E-state index in [0.717, 1.165) is 24.0 Å². The third-order valence-corrected chi connectivity index (χ3v) is 5.15. The van der Waals surface area contributed by atoms with Crippen molar-refractivity contribution in [2.24, 2.45) is 0 Å². The summed E-state index contributed by atoms with van der Waals surface area (Å²) in [6.07, 6.45) is 1.74. The summed E-state index contributed by atoms with van der Waals surface area (Å²) < 4.78 is 5.96. The zero-order chi connectivity index (χ0) is 22.8. The standard InChI is InChI=1S/C27H30N2O3/c1-3-5-19-28-26(30)23-13-9-10-14-24(23)29-27(31)25(4-2)32-22-17-15-21(16-18-22)20-11-7-6-8-12-20/h6-18,25H,3-5,19H2,1-2H3,(H,28,30)(H,29,31). The van der Waals surface area contributed by atoms with Crippen LogP contribution in [-0.4, -0.2) is 24.5 Å². The molecule has 0 aromatic heterocycles. The van der Waals surface area contributed by atoms with E-state index in [1.165, 1.54) is 0 Å². The summed E-state index contributed by atoms with van der Waals surface area (Å²) in [5, 5.41) is 5.76. The molecule has 1 unspecified atom stereocenters. The molecule has 0 heterocycles. The number of carbonyl (C=O) groups is 2. The second-order valence-corrected chi connectivity index (χ2v) is 7.55. The number of amides is 2. The monoisotopic (exact) mass is 430 g/mol. The highest BCUT2D eigenvalue weighted by Crippen LogP contribution is 2.23. The Kier molecular flexibility index (Phi) is 8.44. The molecule has 3 aromatic rings. The molecule has 3 rings (SSSR count). The summed E-state index contributed by atoms with van der Waals surface area (Å²) in [6, 6.07) is 24.8. The minimum atomic E-state index is -0.672. The average Bonchev–Trinajstić information content (AvgIpc) is 2.84. The van der Waals surface area contributed by atoms with Crippen LogP contribution in [0.4, 0.5) is 5.69 Å². The first-order valence-corrected chi connectivity index (χ1v) is 11.1. The highest BCUT2D eigenvalue weighted by molar-refractivity contribution is 6.04. The molecule has 0 aliphatic heterocycles.